The van der Waals surface area contributed by atoms with E-state index in [0.29, 0.717) is 28.9 Å². The van der Waals surface area contributed by atoms with E-state index in [4.69, 9.17) is 10.7 Å². The normalized spacial score (nSPS) is 11.5. The van der Waals surface area contributed by atoms with E-state index in [-0.39, 0.29) is 10.9 Å². The number of hydrogen-bond acceptors (Lipinski definition) is 5. The summed E-state index contributed by atoms with van der Waals surface area (Å²) < 4.78 is 57.9. The van der Waals surface area contributed by atoms with E-state index in [0.717, 1.165) is 16.7 Å². The van der Waals surface area contributed by atoms with Gasteiger partial charge in [0.25, 0.3) is 0 Å². The number of carbonyl (C=O) groups excluding carboxylic acids is 1. The summed E-state index contributed by atoms with van der Waals surface area (Å²) >= 11 is 0. The Bertz CT molecular complexity index is 1640. The number of aromatic nitrogens is 2. The molecule has 0 saturated heterocycles. The van der Waals surface area contributed by atoms with E-state index in [1.807, 2.05) is 54.6 Å². The molecule has 0 amide bonds. The number of alkyl halides is 3. The Morgan fingerprint density at radius 3 is 2.21 bits per heavy atom. The number of esters is 1. The van der Waals surface area contributed by atoms with Crippen molar-refractivity contribution in [3.63, 3.8) is 0 Å². The summed E-state index contributed by atoms with van der Waals surface area (Å²) in [6.07, 6.45) is -4.01. The van der Waals surface area contributed by atoms with Crippen LogP contribution in [0.1, 0.15) is 5.56 Å². The molecule has 0 atom stereocenters. The summed E-state index contributed by atoms with van der Waals surface area (Å²) in [7, 11) is 0. The maximum Gasteiger partial charge on any atom is 0.491 e. The molecule has 0 bridgehead atoms. The van der Waals surface area contributed by atoms with Gasteiger partial charge in [-0.2, -0.15) is 13.2 Å². The molecule has 5 aromatic rings. The van der Waals surface area contributed by atoms with E-state index < -0.39 is 23.8 Å². The van der Waals surface area contributed by atoms with Gasteiger partial charge < -0.3 is 10.5 Å². The lowest BCUT2D eigenvalue weighted by molar-refractivity contribution is -0.189. The summed E-state index contributed by atoms with van der Waals surface area (Å²) in [6, 6.07) is 23.7. The number of benzene rings is 3. The molecule has 9 heteroatoms. The van der Waals surface area contributed by atoms with Crippen molar-refractivity contribution >= 4 is 16.9 Å². The molecule has 0 spiro atoms. The van der Waals surface area contributed by atoms with Crippen molar-refractivity contribution in [2.45, 2.75) is 12.7 Å². The minimum Gasteiger partial charge on any atom is -0.400 e. The highest BCUT2D eigenvalue weighted by atomic mass is 19.4. The minimum absolute atomic E-state index is 0.0607. The molecule has 0 aliphatic heterocycles. The van der Waals surface area contributed by atoms with Crippen molar-refractivity contribution in [2.75, 3.05) is 0 Å². The van der Waals surface area contributed by atoms with Gasteiger partial charge in [0, 0.05) is 29.4 Å². The minimum atomic E-state index is -5.23. The van der Waals surface area contributed by atoms with Gasteiger partial charge in [-0.1, -0.05) is 66.7 Å². The van der Waals surface area contributed by atoms with Crippen LogP contribution in [-0.4, -0.2) is 22.1 Å². The predicted molar refractivity (Wildman–Crippen MR) is 135 cm³/mol. The van der Waals surface area contributed by atoms with Crippen molar-refractivity contribution in [1.82, 2.24) is 9.97 Å². The van der Waals surface area contributed by atoms with Crippen LogP contribution in [0.5, 0.6) is 5.88 Å². The summed E-state index contributed by atoms with van der Waals surface area (Å²) in [5.41, 5.74) is 10.1. The van der Waals surface area contributed by atoms with Gasteiger partial charge in [-0.25, -0.2) is 19.2 Å². The molecule has 0 radical (unpaired) electrons. The molecule has 0 aliphatic rings. The molecular formula is C29H19F4N3O2. The standard InChI is InChI=1S/C29H19F4N3O2/c30-21-8-4-7-20(13-21)24-16-35-27(38-28(37)29(31,32)33)23-14-22(18-5-2-1-3-6-18)25(36-26(23)24)19-11-9-17(15-34)10-12-19/h1-14,16H,15,34H2. The first-order chi connectivity index (χ1) is 18.2. The fourth-order valence-corrected chi connectivity index (χ4v) is 4.09. The van der Waals surface area contributed by atoms with E-state index in [9.17, 15) is 22.4 Å². The molecule has 0 fully saturated rings. The summed E-state index contributed by atoms with van der Waals surface area (Å²) in [4.78, 5) is 20.6. The number of nitrogens with two attached hydrogens (primary N) is 1. The van der Waals surface area contributed by atoms with Gasteiger partial charge in [0.1, 0.15) is 5.82 Å². The molecule has 0 unspecified atom stereocenters. The molecule has 5 rings (SSSR count). The maximum absolute atomic E-state index is 14.1. The predicted octanol–water partition coefficient (Wildman–Crippen LogP) is 6.70. The number of hydrogen-bond donors (Lipinski definition) is 1. The van der Waals surface area contributed by atoms with Crippen LogP contribution in [0.2, 0.25) is 0 Å². The molecule has 190 valence electrons. The number of rotatable bonds is 5. The first-order valence-electron chi connectivity index (χ1n) is 11.5. The Balaban J connectivity index is 1.83. The number of ether oxygens (including phenoxy) is 1. The topological polar surface area (TPSA) is 78.1 Å². The Morgan fingerprint density at radius 2 is 1.55 bits per heavy atom. The third-order valence-corrected chi connectivity index (χ3v) is 5.92. The van der Waals surface area contributed by atoms with E-state index in [1.54, 1.807) is 12.1 Å². The Hall–Kier alpha value is -4.63. The molecule has 3 aromatic carbocycles. The maximum atomic E-state index is 14.1. The average molecular weight is 517 g/mol. The second-order valence-corrected chi connectivity index (χ2v) is 8.42. The lowest BCUT2D eigenvalue weighted by Gasteiger charge is -2.16. The lowest BCUT2D eigenvalue weighted by Crippen LogP contribution is -2.28. The molecular weight excluding hydrogens is 498 g/mol. The molecule has 0 aliphatic carbocycles. The van der Waals surface area contributed by atoms with Crippen LogP contribution >= 0.6 is 0 Å². The van der Waals surface area contributed by atoms with Crippen LogP contribution in [0.15, 0.2) is 91.1 Å². The fraction of sp³-hybridized carbons (Fsp3) is 0.0690. The second-order valence-electron chi connectivity index (χ2n) is 8.42. The highest BCUT2D eigenvalue weighted by Gasteiger charge is 2.42. The van der Waals surface area contributed by atoms with Crippen LogP contribution in [0.3, 0.4) is 0 Å². The van der Waals surface area contributed by atoms with Gasteiger partial charge in [0.05, 0.1) is 16.6 Å². The third-order valence-electron chi connectivity index (χ3n) is 5.92. The monoisotopic (exact) mass is 517 g/mol. The molecule has 38 heavy (non-hydrogen) atoms. The highest BCUT2D eigenvalue weighted by molar-refractivity contribution is 6.01. The zero-order valence-corrected chi connectivity index (χ0v) is 19.7. The summed E-state index contributed by atoms with van der Waals surface area (Å²) in [5, 5.41) is 0.0607. The van der Waals surface area contributed by atoms with Crippen molar-refractivity contribution in [3.05, 3.63) is 103 Å². The van der Waals surface area contributed by atoms with Gasteiger partial charge in [-0.05, 0) is 34.9 Å². The Morgan fingerprint density at radius 1 is 0.842 bits per heavy atom. The van der Waals surface area contributed by atoms with Gasteiger partial charge in [-0.15, -0.1) is 0 Å². The SMILES string of the molecule is NCc1ccc(-c2nc3c(-c4cccc(F)c4)cnc(OC(=O)C(F)(F)F)c3cc2-c2ccccc2)cc1. The van der Waals surface area contributed by atoms with Crippen LogP contribution in [0, 0.1) is 5.82 Å². The number of fused-ring (bicyclic) bond motifs is 1. The fourth-order valence-electron chi connectivity index (χ4n) is 4.09. The number of pyridine rings is 2. The third kappa shape index (κ3) is 4.96. The lowest BCUT2D eigenvalue weighted by atomic mass is 9.95. The molecule has 5 nitrogen and oxygen atoms in total. The van der Waals surface area contributed by atoms with E-state index in [2.05, 4.69) is 9.72 Å². The van der Waals surface area contributed by atoms with Crippen LogP contribution < -0.4 is 10.5 Å². The molecule has 2 aromatic heterocycles. The molecule has 2 heterocycles. The zero-order chi connectivity index (χ0) is 26.9. The van der Waals surface area contributed by atoms with Crippen LogP contribution in [-0.2, 0) is 11.3 Å². The zero-order valence-electron chi connectivity index (χ0n) is 19.7. The first-order valence-corrected chi connectivity index (χ1v) is 11.5. The number of halogens is 4. The molecule has 2 N–H and O–H groups in total. The Kier molecular flexibility index (Phi) is 6.61. The summed E-state index contributed by atoms with van der Waals surface area (Å²) in [5.74, 6) is -3.48. The highest BCUT2D eigenvalue weighted by Crippen LogP contribution is 2.39. The van der Waals surface area contributed by atoms with Gasteiger partial charge in [0.2, 0.25) is 5.88 Å². The number of nitrogens with zero attached hydrogens (tertiary/aromatic N) is 2. The van der Waals surface area contributed by atoms with Gasteiger partial charge in [-0.3, -0.25) is 0 Å². The van der Waals surface area contributed by atoms with E-state index in [1.165, 1.54) is 24.4 Å². The van der Waals surface area contributed by atoms with Crippen molar-refractivity contribution in [1.29, 1.82) is 0 Å². The summed E-state index contributed by atoms with van der Waals surface area (Å²) in [6.45, 7) is 0.348. The van der Waals surface area contributed by atoms with Crippen LogP contribution in [0.4, 0.5) is 17.6 Å². The largest absolute Gasteiger partial charge is 0.491 e. The van der Waals surface area contributed by atoms with Gasteiger partial charge in [0.15, 0.2) is 0 Å². The van der Waals surface area contributed by atoms with Crippen molar-refractivity contribution in [3.8, 4) is 39.4 Å². The quantitative estimate of drug-likeness (QED) is 0.207. The molecule has 0 saturated carbocycles. The first kappa shape index (κ1) is 25.0. The van der Waals surface area contributed by atoms with Crippen LogP contribution in [0.25, 0.3) is 44.4 Å². The smallest absolute Gasteiger partial charge is 0.400 e. The second kappa shape index (κ2) is 10.0. The van der Waals surface area contributed by atoms with Crippen molar-refractivity contribution < 1.29 is 27.1 Å². The number of carbonyl (C=O) groups is 1. The Labute approximate surface area is 214 Å². The average Bonchev–Trinajstić information content (AvgIpc) is 2.92. The van der Waals surface area contributed by atoms with Gasteiger partial charge >= 0.3 is 12.1 Å². The van der Waals surface area contributed by atoms with Crippen molar-refractivity contribution in [2.24, 2.45) is 5.73 Å². The van der Waals surface area contributed by atoms with E-state index >= 15 is 0 Å².